The normalized spacial score (nSPS) is 20.3. The predicted molar refractivity (Wildman–Crippen MR) is 82.3 cm³/mol. The molecule has 0 unspecified atom stereocenters. The average Bonchev–Trinajstić information content (AvgIpc) is 2.47. The summed E-state index contributed by atoms with van der Waals surface area (Å²) in [6.07, 6.45) is 0.503. The molecule has 3 rings (SSSR count). The maximum Gasteiger partial charge on any atom is 0.303 e. The van der Waals surface area contributed by atoms with Crippen molar-refractivity contribution in [1.29, 1.82) is 0 Å². The molecule has 2 atom stereocenters. The average molecular weight is 298 g/mol. The Morgan fingerprint density at radius 3 is 2.27 bits per heavy atom. The minimum absolute atomic E-state index is 0.355. The fraction of sp³-hybridized carbons (Fsp3) is 0.333. The van der Waals surface area contributed by atoms with Crippen LogP contribution in [0.25, 0.3) is 10.8 Å². The summed E-state index contributed by atoms with van der Waals surface area (Å²) >= 11 is 0. The molecule has 1 aliphatic carbocycles. The van der Waals surface area contributed by atoms with E-state index in [4.69, 9.17) is 9.47 Å². The summed E-state index contributed by atoms with van der Waals surface area (Å²) in [5.74, 6) is -0.727. The summed E-state index contributed by atoms with van der Waals surface area (Å²) in [7, 11) is 0. The third-order valence-corrected chi connectivity index (χ3v) is 3.96. The van der Waals surface area contributed by atoms with Gasteiger partial charge in [0.15, 0.2) is 6.10 Å². The number of hydrogen-bond acceptors (Lipinski definition) is 4. The zero-order chi connectivity index (χ0) is 15.7. The smallest absolute Gasteiger partial charge is 0.303 e. The fourth-order valence-electron chi connectivity index (χ4n) is 3.09. The van der Waals surface area contributed by atoms with Gasteiger partial charge >= 0.3 is 11.9 Å². The van der Waals surface area contributed by atoms with Gasteiger partial charge in [0.25, 0.3) is 0 Å². The Kier molecular flexibility index (Phi) is 3.84. The van der Waals surface area contributed by atoms with Crippen molar-refractivity contribution in [3.05, 3.63) is 47.5 Å². The highest BCUT2D eigenvalue weighted by Gasteiger charge is 2.34. The molecular weight excluding hydrogens is 280 g/mol. The number of carbonyl (C=O) groups excluding carboxylic acids is 2. The van der Waals surface area contributed by atoms with Crippen LogP contribution in [0.5, 0.6) is 0 Å². The third-order valence-electron chi connectivity index (χ3n) is 3.96. The van der Waals surface area contributed by atoms with Crippen molar-refractivity contribution < 1.29 is 19.1 Å². The molecule has 0 amide bonds. The van der Waals surface area contributed by atoms with Gasteiger partial charge in [-0.05, 0) is 35.2 Å². The molecule has 22 heavy (non-hydrogen) atoms. The van der Waals surface area contributed by atoms with Crippen LogP contribution in [0.15, 0.2) is 36.4 Å². The Morgan fingerprint density at radius 2 is 1.64 bits per heavy atom. The third kappa shape index (κ3) is 2.82. The molecule has 0 fully saturated rings. The Labute approximate surface area is 129 Å². The first-order valence-electron chi connectivity index (χ1n) is 7.40. The van der Waals surface area contributed by atoms with Gasteiger partial charge in [0.05, 0.1) is 0 Å². The van der Waals surface area contributed by atoms with E-state index >= 15 is 0 Å². The molecule has 0 aromatic heterocycles. The summed E-state index contributed by atoms with van der Waals surface area (Å²) in [6, 6.07) is 12.2. The first kappa shape index (κ1) is 14.6. The van der Waals surface area contributed by atoms with Gasteiger partial charge in [-0.15, -0.1) is 0 Å². The van der Waals surface area contributed by atoms with Gasteiger partial charge in [0.2, 0.25) is 0 Å². The lowest BCUT2D eigenvalue weighted by atomic mass is 9.85. The predicted octanol–water partition coefficient (Wildman–Crippen LogP) is 3.32. The number of esters is 2. The molecule has 0 N–H and O–H groups in total. The molecule has 0 saturated carbocycles. The van der Waals surface area contributed by atoms with Crippen molar-refractivity contribution in [2.24, 2.45) is 0 Å². The number of rotatable bonds is 2. The second-order valence-corrected chi connectivity index (χ2v) is 5.61. The molecule has 114 valence electrons. The van der Waals surface area contributed by atoms with Crippen LogP contribution in [-0.4, -0.2) is 18.0 Å². The van der Waals surface area contributed by atoms with Crippen LogP contribution in [0.1, 0.15) is 37.5 Å². The van der Waals surface area contributed by atoms with Crippen LogP contribution in [0, 0.1) is 0 Å². The molecule has 2 aromatic carbocycles. The molecule has 0 spiro atoms. The lowest BCUT2D eigenvalue weighted by Gasteiger charge is -2.32. The standard InChI is InChI=1S/C18H18O4/c1-11(19)21-17-8-7-15-9-13-5-3-4-6-14(13)10-16(15)18(17)22-12(2)20/h3-6,9-10,17-18H,7-8H2,1-2H3/t17-,18+/m0/s1. The van der Waals surface area contributed by atoms with E-state index in [9.17, 15) is 9.59 Å². The number of hydrogen-bond donors (Lipinski definition) is 0. The zero-order valence-electron chi connectivity index (χ0n) is 12.7. The first-order chi connectivity index (χ1) is 10.5. The van der Waals surface area contributed by atoms with Gasteiger partial charge < -0.3 is 9.47 Å². The quantitative estimate of drug-likeness (QED) is 0.798. The maximum absolute atomic E-state index is 11.5. The van der Waals surface area contributed by atoms with E-state index in [0.29, 0.717) is 6.42 Å². The van der Waals surface area contributed by atoms with Gasteiger partial charge in [-0.2, -0.15) is 0 Å². The molecule has 1 aliphatic rings. The highest BCUT2D eigenvalue weighted by molar-refractivity contribution is 5.84. The van der Waals surface area contributed by atoms with E-state index in [-0.39, 0.29) is 11.9 Å². The maximum atomic E-state index is 11.5. The van der Waals surface area contributed by atoms with Crippen LogP contribution >= 0.6 is 0 Å². The van der Waals surface area contributed by atoms with Crippen molar-refractivity contribution >= 4 is 22.7 Å². The van der Waals surface area contributed by atoms with Crippen molar-refractivity contribution in [3.8, 4) is 0 Å². The van der Waals surface area contributed by atoms with Crippen molar-refractivity contribution in [2.45, 2.75) is 38.9 Å². The molecule has 0 aliphatic heterocycles. The fourth-order valence-corrected chi connectivity index (χ4v) is 3.09. The highest BCUT2D eigenvalue weighted by Crippen LogP contribution is 2.37. The Bertz CT molecular complexity index is 735. The Hall–Kier alpha value is -2.36. The van der Waals surface area contributed by atoms with Crippen LogP contribution in [0.4, 0.5) is 0 Å². The lowest BCUT2D eigenvalue weighted by Crippen LogP contribution is -2.32. The SMILES string of the molecule is CC(=O)O[C@H]1CCc2cc3ccccc3cc2[C@H]1OC(C)=O. The van der Waals surface area contributed by atoms with Crippen molar-refractivity contribution in [2.75, 3.05) is 0 Å². The number of fused-ring (bicyclic) bond motifs is 2. The monoisotopic (exact) mass is 298 g/mol. The van der Waals surface area contributed by atoms with Crippen LogP contribution in [0.2, 0.25) is 0 Å². The van der Waals surface area contributed by atoms with E-state index in [0.717, 1.165) is 28.3 Å². The minimum Gasteiger partial charge on any atom is -0.458 e. The first-order valence-corrected chi connectivity index (χ1v) is 7.40. The largest absolute Gasteiger partial charge is 0.458 e. The summed E-state index contributed by atoms with van der Waals surface area (Å²) in [6.45, 7) is 2.75. The van der Waals surface area contributed by atoms with Gasteiger partial charge in [-0.1, -0.05) is 30.3 Å². The van der Waals surface area contributed by atoms with E-state index in [1.807, 2.05) is 24.3 Å². The number of ether oxygens (including phenoxy) is 2. The van der Waals surface area contributed by atoms with Crippen LogP contribution in [0.3, 0.4) is 0 Å². The van der Waals surface area contributed by atoms with E-state index < -0.39 is 12.2 Å². The summed E-state index contributed by atoms with van der Waals surface area (Å²) < 4.78 is 10.8. The lowest BCUT2D eigenvalue weighted by molar-refractivity contribution is -0.167. The molecule has 2 aromatic rings. The van der Waals surface area contributed by atoms with E-state index in [1.54, 1.807) is 0 Å². The van der Waals surface area contributed by atoms with E-state index in [2.05, 4.69) is 12.1 Å². The summed E-state index contributed by atoms with van der Waals surface area (Å²) in [5, 5.41) is 2.25. The second kappa shape index (κ2) is 5.79. The minimum atomic E-state index is -0.533. The topological polar surface area (TPSA) is 52.6 Å². The molecule has 0 saturated heterocycles. The number of benzene rings is 2. The molecular formula is C18H18O4. The van der Waals surface area contributed by atoms with Gasteiger partial charge in [-0.3, -0.25) is 9.59 Å². The highest BCUT2D eigenvalue weighted by atomic mass is 16.6. The Morgan fingerprint density at radius 1 is 1.00 bits per heavy atom. The van der Waals surface area contributed by atoms with Crippen LogP contribution in [-0.2, 0) is 25.5 Å². The molecule has 0 radical (unpaired) electrons. The van der Waals surface area contributed by atoms with Crippen molar-refractivity contribution in [3.63, 3.8) is 0 Å². The van der Waals surface area contributed by atoms with Crippen molar-refractivity contribution in [1.82, 2.24) is 0 Å². The molecule has 0 heterocycles. The molecule has 4 heteroatoms. The number of aryl methyl sites for hydroxylation is 1. The summed E-state index contributed by atoms with van der Waals surface area (Å²) in [5.41, 5.74) is 2.08. The second-order valence-electron chi connectivity index (χ2n) is 5.61. The van der Waals surface area contributed by atoms with Gasteiger partial charge in [-0.25, -0.2) is 0 Å². The van der Waals surface area contributed by atoms with Crippen LogP contribution < -0.4 is 0 Å². The number of carbonyl (C=O) groups is 2. The molecule has 4 nitrogen and oxygen atoms in total. The zero-order valence-corrected chi connectivity index (χ0v) is 12.7. The van der Waals surface area contributed by atoms with Gasteiger partial charge in [0.1, 0.15) is 6.10 Å². The van der Waals surface area contributed by atoms with Gasteiger partial charge in [0, 0.05) is 19.4 Å². The van der Waals surface area contributed by atoms with E-state index in [1.165, 1.54) is 13.8 Å². The summed E-state index contributed by atoms with van der Waals surface area (Å²) in [4.78, 5) is 22.8. The Balaban J connectivity index is 2.06. The molecule has 0 bridgehead atoms.